The summed E-state index contributed by atoms with van der Waals surface area (Å²) in [6, 6.07) is 11.8. The predicted octanol–water partition coefficient (Wildman–Crippen LogP) is 4.66. The van der Waals surface area contributed by atoms with Crippen molar-refractivity contribution < 1.29 is 9.90 Å². The van der Waals surface area contributed by atoms with E-state index in [4.69, 9.17) is 0 Å². The Balaban J connectivity index is 1.62. The lowest BCUT2D eigenvalue weighted by molar-refractivity contribution is -0.131. The molecule has 0 saturated carbocycles. The van der Waals surface area contributed by atoms with Gasteiger partial charge in [-0.15, -0.1) is 0 Å². The highest BCUT2D eigenvalue weighted by Gasteiger charge is 2.20. The molecule has 1 aliphatic rings. The first-order chi connectivity index (χ1) is 13.5. The fourth-order valence-electron chi connectivity index (χ4n) is 3.34. The van der Waals surface area contributed by atoms with Gasteiger partial charge in [0.1, 0.15) is 5.75 Å². The smallest absolute Gasteiger partial charge is 0.222 e. The van der Waals surface area contributed by atoms with Crippen molar-refractivity contribution in [1.29, 1.82) is 0 Å². The number of phenolic OH excluding ortho intramolecular Hbond substituents is 1. The number of rotatable bonds is 5. The van der Waals surface area contributed by atoms with Gasteiger partial charge in [-0.1, -0.05) is 6.92 Å². The Morgan fingerprint density at radius 1 is 1.18 bits per heavy atom. The molecule has 6 heteroatoms. The number of aromatic hydroxyl groups is 1. The molecule has 1 saturated heterocycles. The van der Waals surface area contributed by atoms with Crippen molar-refractivity contribution in [2.45, 2.75) is 26.7 Å². The van der Waals surface area contributed by atoms with Gasteiger partial charge in [0.2, 0.25) is 5.91 Å². The van der Waals surface area contributed by atoms with E-state index < -0.39 is 0 Å². The maximum atomic E-state index is 12.0. The average Bonchev–Trinajstić information content (AvgIpc) is 2.70. The van der Waals surface area contributed by atoms with Gasteiger partial charge >= 0.3 is 0 Å². The summed E-state index contributed by atoms with van der Waals surface area (Å²) in [7, 11) is 0. The Hall–Kier alpha value is -2.34. The predicted molar refractivity (Wildman–Crippen MR) is 118 cm³/mol. The van der Waals surface area contributed by atoms with Gasteiger partial charge in [0, 0.05) is 50.1 Å². The van der Waals surface area contributed by atoms with Crippen LogP contribution >= 0.6 is 15.9 Å². The van der Waals surface area contributed by atoms with Gasteiger partial charge in [-0.2, -0.15) is 0 Å². The molecule has 0 radical (unpaired) electrons. The summed E-state index contributed by atoms with van der Waals surface area (Å²) in [4.78, 5) is 20.8. The van der Waals surface area contributed by atoms with E-state index in [-0.39, 0.29) is 11.7 Å². The van der Waals surface area contributed by atoms with Crippen LogP contribution in [0.3, 0.4) is 0 Å². The van der Waals surface area contributed by atoms with Crippen molar-refractivity contribution in [2.75, 3.05) is 31.1 Å². The summed E-state index contributed by atoms with van der Waals surface area (Å²) in [5, 5.41) is 10.1. The molecule has 28 heavy (non-hydrogen) atoms. The second kappa shape index (κ2) is 9.24. The number of amides is 1. The highest BCUT2D eigenvalue weighted by atomic mass is 79.9. The minimum Gasteiger partial charge on any atom is -0.506 e. The van der Waals surface area contributed by atoms with Crippen molar-refractivity contribution >= 4 is 39.4 Å². The largest absolute Gasteiger partial charge is 0.506 e. The SMILES string of the molecule is CCCC(=O)N1CCN(c2ccc(N=Cc3cc(C)cc(Br)c3O)cc2)CC1. The molecule has 1 N–H and O–H groups in total. The van der Waals surface area contributed by atoms with Crippen LogP contribution in [0.5, 0.6) is 5.75 Å². The standard InChI is InChI=1S/C22H26BrN3O2/c1-3-4-21(27)26-11-9-25(10-12-26)19-7-5-18(6-8-19)24-15-17-13-16(2)14-20(23)22(17)28/h5-8,13-15,28H,3-4,9-12H2,1-2H3. The first-order valence-corrected chi connectivity index (χ1v) is 10.4. The molecule has 0 spiro atoms. The number of aryl methyl sites for hydroxylation is 1. The molecule has 1 amide bonds. The van der Waals surface area contributed by atoms with Crippen molar-refractivity contribution in [3.05, 3.63) is 52.0 Å². The fraction of sp³-hybridized carbons (Fsp3) is 0.364. The Kier molecular flexibility index (Phi) is 6.73. The number of anilines is 1. The quantitative estimate of drug-likeness (QED) is 0.683. The molecule has 2 aromatic rings. The number of carbonyl (C=O) groups excluding carboxylic acids is 1. The maximum absolute atomic E-state index is 12.0. The van der Waals surface area contributed by atoms with Crippen LogP contribution in [0.25, 0.3) is 0 Å². The molecular formula is C22H26BrN3O2. The number of aliphatic imine (C=N–C) groups is 1. The zero-order chi connectivity index (χ0) is 20.1. The molecule has 0 atom stereocenters. The summed E-state index contributed by atoms with van der Waals surface area (Å²) >= 11 is 3.36. The zero-order valence-electron chi connectivity index (χ0n) is 16.4. The highest BCUT2D eigenvalue weighted by Crippen LogP contribution is 2.29. The van der Waals surface area contributed by atoms with E-state index in [0.717, 1.165) is 49.5 Å². The van der Waals surface area contributed by atoms with Crippen LogP contribution < -0.4 is 4.90 Å². The van der Waals surface area contributed by atoms with Crippen LogP contribution in [-0.4, -0.2) is 48.3 Å². The Morgan fingerprint density at radius 2 is 1.86 bits per heavy atom. The molecule has 148 valence electrons. The van der Waals surface area contributed by atoms with Crippen LogP contribution in [0.4, 0.5) is 11.4 Å². The van der Waals surface area contributed by atoms with Crippen molar-refractivity contribution in [2.24, 2.45) is 4.99 Å². The van der Waals surface area contributed by atoms with Gasteiger partial charge in [-0.3, -0.25) is 9.79 Å². The average molecular weight is 444 g/mol. The summed E-state index contributed by atoms with van der Waals surface area (Å²) in [6.07, 6.45) is 3.22. The normalized spacial score (nSPS) is 14.7. The van der Waals surface area contributed by atoms with Gasteiger partial charge < -0.3 is 14.9 Å². The second-order valence-corrected chi connectivity index (χ2v) is 7.93. The monoisotopic (exact) mass is 443 g/mol. The van der Waals surface area contributed by atoms with E-state index in [9.17, 15) is 9.90 Å². The van der Waals surface area contributed by atoms with Crippen molar-refractivity contribution in [3.8, 4) is 5.75 Å². The van der Waals surface area contributed by atoms with Gasteiger partial charge in [0.15, 0.2) is 0 Å². The second-order valence-electron chi connectivity index (χ2n) is 7.08. The van der Waals surface area contributed by atoms with Crippen molar-refractivity contribution in [3.63, 3.8) is 0 Å². The number of hydrogen-bond donors (Lipinski definition) is 1. The van der Waals surface area contributed by atoms with E-state index in [1.54, 1.807) is 6.21 Å². The molecule has 1 aliphatic heterocycles. The van der Waals surface area contributed by atoms with E-state index in [2.05, 4.69) is 38.0 Å². The van der Waals surface area contributed by atoms with Gasteiger partial charge in [0.05, 0.1) is 10.2 Å². The van der Waals surface area contributed by atoms with E-state index >= 15 is 0 Å². The van der Waals surface area contributed by atoms with Crippen LogP contribution in [0.2, 0.25) is 0 Å². The van der Waals surface area contributed by atoms with Gasteiger partial charge in [-0.25, -0.2) is 0 Å². The van der Waals surface area contributed by atoms with Gasteiger partial charge in [0.25, 0.3) is 0 Å². The molecule has 0 unspecified atom stereocenters. The summed E-state index contributed by atoms with van der Waals surface area (Å²) in [5.41, 5.74) is 3.71. The molecule has 0 aliphatic carbocycles. The zero-order valence-corrected chi connectivity index (χ0v) is 17.9. The molecule has 3 rings (SSSR count). The maximum Gasteiger partial charge on any atom is 0.222 e. The molecule has 0 bridgehead atoms. The van der Waals surface area contributed by atoms with Crippen LogP contribution in [0.1, 0.15) is 30.9 Å². The first kappa shape index (κ1) is 20.4. The topological polar surface area (TPSA) is 56.1 Å². The summed E-state index contributed by atoms with van der Waals surface area (Å²) < 4.78 is 0.667. The summed E-state index contributed by atoms with van der Waals surface area (Å²) in [5.74, 6) is 0.458. The van der Waals surface area contributed by atoms with E-state index in [1.165, 1.54) is 0 Å². The molecule has 1 fully saturated rings. The fourth-order valence-corrected chi connectivity index (χ4v) is 3.93. The number of carbonyl (C=O) groups is 1. The number of phenols is 1. The first-order valence-electron chi connectivity index (χ1n) is 9.64. The lowest BCUT2D eigenvalue weighted by Crippen LogP contribution is -2.48. The van der Waals surface area contributed by atoms with Gasteiger partial charge in [-0.05, 0) is 71.2 Å². The molecule has 1 heterocycles. The molecule has 0 aromatic heterocycles. The lowest BCUT2D eigenvalue weighted by Gasteiger charge is -2.36. The van der Waals surface area contributed by atoms with Crippen LogP contribution in [0.15, 0.2) is 45.9 Å². The number of benzene rings is 2. The summed E-state index contributed by atoms with van der Waals surface area (Å²) in [6.45, 7) is 7.27. The molecular weight excluding hydrogens is 418 g/mol. The number of halogens is 1. The number of hydrogen-bond acceptors (Lipinski definition) is 4. The Labute approximate surface area is 174 Å². The third-order valence-corrected chi connectivity index (χ3v) is 5.51. The van der Waals surface area contributed by atoms with E-state index in [0.29, 0.717) is 16.5 Å². The highest BCUT2D eigenvalue weighted by molar-refractivity contribution is 9.10. The number of nitrogens with zero attached hydrogens (tertiary/aromatic N) is 3. The third-order valence-electron chi connectivity index (χ3n) is 4.90. The third kappa shape index (κ3) is 4.93. The van der Waals surface area contributed by atoms with Crippen LogP contribution in [-0.2, 0) is 4.79 Å². The minimum absolute atomic E-state index is 0.196. The minimum atomic E-state index is 0.196. The Bertz CT molecular complexity index is 857. The lowest BCUT2D eigenvalue weighted by atomic mass is 10.1. The van der Waals surface area contributed by atoms with E-state index in [1.807, 2.05) is 43.0 Å². The molecule has 5 nitrogen and oxygen atoms in total. The molecule has 2 aromatic carbocycles. The number of piperazine rings is 1. The van der Waals surface area contributed by atoms with Crippen LogP contribution in [0, 0.1) is 6.92 Å². The Morgan fingerprint density at radius 3 is 2.50 bits per heavy atom. The van der Waals surface area contributed by atoms with Crippen molar-refractivity contribution in [1.82, 2.24) is 4.90 Å².